The summed E-state index contributed by atoms with van der Waals surface area (Å²) in [6.07, 6.45) is 2.43. The largest absolute Gasteiger partial charge is 0.373 e. The second-order valence-corrected chi connectivity index (χ2v) is 4.90. The molecule has 0 bridgehead atoms. The predicted octanol–water partition coefficient (Wildman–Crippen LogP) is 1.93. The monoisotopic (exact) mass is 171 g/mol. The summed E-state index contributed by atoms with van der Waals surface area (Å²) in [4.78, 5) is 0. The van der Waals surface area contributed by atoms with Crippen LogP contribution in [0.15, 0.2) is 0 Å². The van der Waals surface area contributed by atoms with Crippen molar-refractivity contribution in [3.63, 3.8) is 0 Å². The first kappa shape index (κ1) is 10.0. The van der Waals surface area contributed by atoms with Crippen LogP contribution in [0.3, 0.4) is 0 Å². The molecule has 2 unspecified atom stereocenters. The van der Waals surface area contributed by atoms with Gasteiger partial charge in [-0.25, -0.2) is 0 Å². The molecule has 1 saturated carbocycles. The Morgan fingerprint density at radius 1 is 1.58 bits per heavy atom. The summed E-state index contributed by atoms with van der Waals surface area (Å²) < 4.78 is 5.78. The second-order valence-electron chi connectivity index (χ2n) is 4.90. The highest BCUT2D eigenvalue weighted by Gasteiger charge is 2.50. The van der Waals surface area contributed by atoms with E-state index in [-0.39, 0.29) is 11.1 Å². The molecule has 2 heteroatoms. The van der Waals surface area contributed by atoms with Crippen molar-refractivity contribution in [2.24, 2.45) is 11.7 Å². The van der Waals surface area contributed by atoms with Gasteiger partial charge in [-0.1, -0.05) is 13.3 Å². The fourth-order valence-electron chi connectivity index (χ4n) is 1.53. The number of ether oxygens (including phenoxy) is 1. The van der Waals surface area contributed by atoms with Crippen molar-refractivity contribution in [1.82, 2.24) is 0 Å². The Hall–Kier alpha value is -0.0800. The molecule has 0 amide bonds. The maximum absolute atomic E-state index is 5.83. The van der Waals surface area contributed by atoms with E-state index in [1.165, 1.54) is 12.8 Å². The van der Waals surface area contributed by atoms with E-state index in [0.29, 0.717) is 6.61 Å². The van der Waals surface area contributed by atoms with Gasteiger partial charge in [0.15, 0.2) is 0 Å². The molecule has 72 valence electrons. The molecule has 0 aromatic carbocycles. The molecule has 0 saturated heterocycles. The van der Waals surface area contributed by atoms with Crippen LogP contribution in [0.1, 0.15) is 40.5 Å². The van der Waals surface area contributed by atoms with Gasteiger partial charge in [0.1, 0.15) is 0 Å². The Balaban J connectivity index is 2.25. The van der Waals surface area contributed by atoms with Gasteiger partial charge in [0.25, 0.3) is 0 Å². The van der Waals surface area contributed by atoms with Gasteiger partial charge in [-0.3, -0.25) is 0 Å². The number of hydrogen-bond acceptors (Lipinski definition) is 2. The third-order valence-electron chi connectivity index (χ3n) is 2.62. The summed E-state index contributed by atoms with van der Waals surface area (Å²) in [5, 5.41) is 0. The standard InChI is InChI=1S/C10H21NO/c1-5-8-6-10(8,4)12-7-9(2,3)11/h8H,5-7,11H2,1-4H3. The average molecular weight is 171 g/mol. The van der Waals surface area contributed by atoms with Gasteiger partial charge in [0.2, 0.25) is 0 Å². The van der Waals surface area contributed by atoms with Gasteiger partial charge in [0.05, 0.1) is 12.2 Å². The van der Waals surface area contributed by atoms with Crippen LogP contribution < -0.4 is 5.73 Å². The van der Waals surface area contributed by atoms with Crippen LogP contribution in [-0.4, -0.2) is 17.7 Å². The molecule has 0 aromatic rings. The first-order valence-corrected chi connectivity index (χ1v) is 4.80. The van der Waals surface area contributed by atoms with Crippen molar-refractivity contribution in [2.75, 3.05) is 6.61 Å². The Morgan fingerprint density at radius 3 is 2.50 bits per heavy atom. The minimum Gasteiger partial charge on any atom is -0.373 e. The number of hydrogen-bond donors (Lipinski definition) is 1. The van der Waals surface area contributed by atoms with Crippen molar-refractivity contribution in [1.29, 1.82) is 0 Å². The molecule has 2 nitrogen and oxygen atoms in total. The van der Waals surface area contributed by atoms with Crippen LogP contribution in [0.5, 0.6) is 0 Å². The Bertz CT molecular complexity index is 162. The van der Waals surface area contributed by atoms with Crippen LogP contribution in [0, 0.1) is 5.92 Å². The van der Waals surface area contributed by atoms with Crippen LogP contribution >= 0.6 is 0 Å². The van der Waals surface area contributed by atoms with E-state index in [2.05, 4.69) is 13.8 Å². The SMILES string of the molecule is CCC1CC1(C)OCC(C)(C)N. The molecule has 1 aliphatic carbocycles. The van der Waals surface area contributed by atoms with E-state index >= 15 is 0 Å². The smallest absolute Gasteiger partial charge is 0.0688 e. The van der Waals surface area contributed by atoms with Gasteiger partial charge in [0, 0.05) is 5.54 Å². The summed E-state index contributed by atoms with van der Waals surface area (Å²) in [7, 11) is 0. The zero-order chi connectivity index (χ0) is 9.41. The lowest BCUT2D eigenvalue weighted by Gasteiger charge is -2.22. The molecule has 1 aliphatic rings. The molecule has 1 fully saturated rings. The lowest BCUT2D eigenvalue weighted by molar-refractivity contribution is 0.00972. The highest BCUT2D eigenvalue weighted by molar-refractivity contribution is 5.01. The van der Waals surface area contributed by atoms with E-state index in [9.17, 15) is 0 Å². The maximum atomic E-state index is 5.83. The van der Waals surface area contributed by atoms with Gasteiger partial charge >= 0.3 is 0 Å². The Morgan fingerprint density at radius 2 is 2.17 bits per heavy atom. The minimum absolute atomic E-state index is 0.144. The summed E-state index contributed by atoms with van der Waals surface area (Å²) in [6.45, 7) is 9.07. The van der Waals surface area contributed by atoms with E-state index in [0.717, 1.165) is 5.92 Å². The van der Waals surface area contributed by atoms with Crippen LogP contribution in [0.25, 0.3) is 0 Å². The van der Waals surface area contributed by atoms with Gasteiger partial charge in [-0.15, -0.1) is 0 Å². The molecule has 12 heavy (non-hydrogen) atoms. The summed E-state index contributed by atoms with van der Waals surface area (Å²) >= 11 is 0. The lowest BCUT2D eigenvalue weighted by atomic mass is 10.1. The molecule has 2 N–H and O–H groups in total. The van der Waals surface area contributed by atoms with E-state index in [1.807, 2.05) is 13.8 Å². The summed E-state index contributed by atoms with van der Waals surface area (Å²) in [6, 6.07) is 0. The zero-order valence-corrected chi connectivity index (χ0v) is 8.68. The lowest BCUT2D eigenvalue weighted by Crippen LogP contribution is -2.39. The fourth-order valence-corrected chi connectivity index (χ4v) is 1.53. The average Bonchev–Trinajstić information content (AvgIpc) is 2.58. The third kappa shape index (κ3) is 2.46. The summed E-state index contributed by atoms with van der Waals surface area (Å²) in [5.41, 5.74) is 5.79. The Kier molecular flexibility index (Phi) is 2.50. The van der Waals surface area contributed by atoms with Crippen molar-refractivity contribution < 1.29 is 4.74 Å². The van der Waals surface area contributed by atoms with Crippen molar-refractivity contribution in [3.8, 4) is 0 Å². The molecule has 0 aromatic heterocycles. The predicted molar refractivity (Wildman–Crippen MR) is 51.0 cm³/mol. The molecule has 0 heterocycles. The van der Waals surface area contributed by atoms with Crippen molar-refractivity contribution >= 4 is 0 Å². The molecular weight excluding hydrogens is 150 g/mol. The van der Waals surface area contributed by atoms with E-state index in [1.54, 1.807) is 0 Å². The molecule has 0 aliphatic heterocycles. The first-order chi connectivity index (χ1) is 5.37. The highest BCUT2D eigenvalue weighted by Crippen LogP contribution is 2.48. The Labute approximate surface area is 75.5 Å². The number of rotatable bonds is 4. The van der Waals surface area contributed by atoms with Gasteiger partial charge < -0.3 is 10.5 Å². The maximum Gasteiger partial charge on any atom is 0.0688 e. The molecule has 0 radical (unpaired) electrons. The summed E-state index contributed by atoms with van der Waals surface area (Å²) in [5.74, 6) is 0.764. The first-order valence-electron chi connectivity index (χ1n) is 4.80. The van der Waals surface area contributed by atoms with Crippen LogP contribution in [0.4, 0.5) is 0 Å². The molecule has 1 rings (SSSR count). The topological polar surface area (TPSA) is 35.2 Å². The zero-order valence-electron chi connectivity index (χ0n) is 8.68. The van der Waals surface area contributed by atoms with E-state index < -0.39 is 0 Å². The second kappa shape index (κ2) is 3.00. The normalized spacial score (nSPS) is 35.2. The van der Waals surface area contributed by atoms with Gasteiger partial charge in [-0.05, 0) is 33.1 Å². The molecule has 0 spiro atoms. The highest BCUT2D eigenvalue weighted by atomic mass is 16.5. The quantitative estimate of drug-likeness (QED) is 0.701. The minimum atomic E-state index is -0.191. The van der Waals surface area contributed by atoms with Crippen molar-refractivity contribution in [3.05, 3.63) is 0 Å². The number of nitrogens with two attached hydrogens (primary N) is 1. The molecule has 2 atom stereocenters. The fraction of sp³-hybridized carbons (Fsp3) is 1.00. The van der Waals surface area contributed by atoms with Crippen LogP contribution in [0.2, 0.25) is 0 Å². The third-order valence-corrected chi connectivity index (χ3v) is 2.62. The van der Waals surface area contributed by atoms with Gasteiger partial charge in [-0.2, -0.15) is 0 Å². The molecular formula is C10H21NO. The van der Waals surface area contributed by atoms with Crippen LogP contribution in [-0.2, 0) is 4.74 Å². The van der Waals surface area contributed by atoms with Crippen molar-refractivity contribution in [2.45, 2.75) is 51.7 Å². The van der Waals surface area contributed by atoms with E-state index in [4.69, 9.17) is 10.5 Å².